The summed E-state index contributed by atoms with van der Waals surface area (Å²) in [6, 6.07) is 3.97. The number of carbonyl (C=O) groups excluding carboxylic acids is 1. The summed E-state index contributed by atoms with van der Waals surface area (Å²) in [6.45, 7) is 0.578. The first-order valence-corrected chi connectivity index (χ1v) is 13.1. The molecule has 0 spiro atoms. The fraction of sp³-hybridized carbons (Fsp3) is 0.647. The summed E-state index contributed by atoms with van der Waals surface area (Å²) in [6.07, 6.45) is 4.66. The minimum absolute atomic E-state index is 0.00956. The van der Waals surface area contributed by atoms with Crippen LogP contribution in [-0.4, -0.2) is 68.8 Å². The van der Waals surface area contributed by atoms with Crippen LogP contribution in [0.4, 0.5) is 0 Å². The van der Waals surface area contributed by atoms with Crippen molar-refractivity contribution in [1.82, 2.24) is 25.1 Å². The van der Waals surface area contributed by atoms with Crippen molar-refractivity contribution in [3.05, 3.63) is 22.4 Å². The molecule has 2 aromatic heterocycles. The Kier molecular flexibility index (Phi) is 6.02. The molecule has 2 fully saturated rings. The van der Waals surface area contributed by atoms with Gasteiger partial charge in [-0.05, 0) is 41.1 Å². The van der Waals surface area contributed by atoms with Crippen molar-refractivity contribution in [2.75, 3.05) is 17.3 Å². The fourth-order valence-electron chi connectivity index (χ4n) is 4.03. The van der Waals surface area contributed by atoms with Gasteiger partial charge in [0.1, 0.15) is 0 Å². The fourth-order valence-corrected chi connectivity index (χ4v) is 7.18. The Morgan fingerprint density at radius 3 is 2.79 bits per heavy atom. The summed E-state index contributed by atoms with van der Waals surface area (Å²) in [5.41, 5.74) is 0. The molecule has 0 N–H and O–H groups in total. The smallest absolute Gasteiger partial charge is 0.233 e. The van der Waals surface area contributed by atoms with E-state index < -0.39 is 9.84 Å². The summed E-state index contributed by atoms with van der Waals surface area (Å²) in [5, 5.41) is 14.4. The first kappa shape index (κ1) is 19.8. The number of hydrogen-bond donors (Lipinski definition) is 0. The van der Waals surface area contributed by atoms with E-state index in [1.165, 1.54) is 11.8 Å². The number of thioether (sulfide) groups is 1. The standard InChI is InChI=1S/C17H23N5O3S3/c23-16(11-27-17-18-19-20-21(17)10-15-6-3-8-26-15)22(13-4-1-2-5-13)14-7-9-28(24,25)12-14/h3,6,8,13-14H,1-2,4-5,7,9-12H2. The molecule has 0 radical (unpaired) electrons. The van der Waals surface area contributed by atoms with E-state index in [1.807, 2.05) is 22.4 Å². The number of rotatable bonds is 7. The van der Waals surface area contributed by atoms with Gasteiger partial charge in [-0.1, -0.05) is 30.7 Å². The van der Waals surface area contributed by atoms with Crippen molar-refractivity contribution in [2.24, 2.45) is 0 Å². The van der Waals surface area contributed by atoms with Gasteiger partial charge >= 0.3 is 0 Å². The molecule has 1 amide bonds. The second kappa shape index (κ2) is 8.50. The van der Waals surface area contributed by atoms with E-state index in [9.17, 15) is 13.2 Å². The zero-order chi connectivity index (χ0) is 19.6. The monoisotopic (exact) mass is 441 g/mol. The molecule has 1 saturated heterocycles. The van der Waals surface area contributed by atoms with Crippen molar-refractivity contribution in [3.8, 4) is 0 Å². The highest BCUT2D eigenvalue weighted by atomic mass is 32.2. The Morgan fingerprint density at radius 1 is 1.29 bits per heavy atom. The number of nitrogens with zero attached hydrogens (tertiary/aromatic N) is 5. The zero-order valence-corrected chi connectivity index (χ0v) is 17.9. The van der Waals surface area contributed by atoms with Gasteiger partial charge in [-0.25, -0.2) is 13.1 Å². The molecule has 11 heteroatoms. The molecule has 1 saturated carbocycles. The number of amides is 1. The summed E-state index contributed by atoms with van der Waals surface area (Å²) in [5.74, 6) is 0.485. The molecule has 0 bridgehead atoms. The second-order valence-electron chi connectivity index (χ2n) is 7.28. The van der Waals surface area contributed by atoms with Crippen LogP contribution in [0.3, 0.4) is 0 Å². The first-order chi connectivity index (χ1) is 13.5. The van der Waals surface area contributed by atoms with Crippen LogP contribution in [-0.2, 0) is 21.2 Å². The van der Waals surface area contributed by atoms with Crippen LogP contribution in [0.15, 0.2) is 22.7 Å². The highest BCUT2D eigenvalue weighted by molar-refractivity contribution is 7.99. The zero-order valence-electron chi connectivity index (χ0n) is 15.4. The lowest BCUT2D eigenvalue weighted by molar-refractivity contribution is -0.132. The summed E-state index contributed by atoms with van der Waals surface area (Å²) >= 11 is 2.96. The Labute approximate surface area is 172 Å². The first-order valence-electron chi connectivity index (χ1n) is 9.45. The minimum Gasteiger partial charge on any atom is -0.335 e. The van der Waals surface area contributed by atoms with Crippen molar-refractivity contribution in [1.29, 1.82) is 0 Å². The number of thiophene rings is 1. The molecule has 152 valence electrons. The number of sulfone groups is 1. The second-order valence-corrected chi connectivity index (χ2v) is 11.5. The molecule has 2 aromatic rings. The lowest BCUT2D eigenvalue weighted by atomic mass is 10.1. The quantitative estimate of drug-likeness (QED) is 0.605. The Hall–Kier alpha value is -1.46. The van der Waals surface area contributed by atoms with Gasteiger partial charge in [0, 0.05) is 17.0 Å². The lowest BCUT2D eigenvalue weighted by Crippen LogP contribution is -2.47. The van der Waals surface area contributed by atoms with Crippen LogP contribution in [0, 0.1) is 0 Å². The maximum absolute atomic E-state index is 13.1. The Bertz CT molecular complexity index is 906. The van der Waals surface area contributed by atoms with Gasteiger partial charge in [0.15, 0.2) is 9.84 Å². The van der Waals surface area contributed by atoms with Gasteiger partial charge < -0.3 is 4.90 Å². The SMILES string of the molecule is O=C(CSc1nnnn1Cc1cccs1)N(C1CCCC1)C1CCS(=O)(=O)C1. The number of aromatic nitrogens is 4. The molecule has 2 aliphatic rings. The van der Waals surface area contributed by atoms with Gasteiger partial charge in [0.05, 0.1) is 23.8 Å². The van der Waals surface area contributed by atoms with Gasteiger partial charge in [-0.15, -0.1) is 16.4 Å². The highest BCUT2D eigenvalue weighted by Crippen LogP contribution is 2.30. The topological polar surface area (TPSA) is 98.1 Å². The van der Waals surface area contributed by atoms with E-state index in [0.29, 0.717) is 18.1 Å². The van der Waals surface area contributed by atoms with Crippen LogP contribution in [0.2, 0.25) is 0 Å². The van der Waals surface area contributed by atoms with E-state index >= 15 is 0 Å². The van der Waals surface area contributed by atoms with Crippen LogP contribution >= 0.6 is 23.1 Å². The Balaban J connectivity index is 1.43. The molecule has 4 rings (SSSR count). The minimum atomic E-state index is -3.03. The normalized spacial score (nSPS) is 21.9. The molecule has 1 aliphatic heterocycles. The molecular weight excluding hydrogens is 418 g/mol. The molecule has 1 atom stereocenters. The van der Waals surface area contributed by atoms with Gasteiger partial charge in [-0.3, -0.25) is 4.79 Å². The molecule has 8 nitrogen and oxygen atoms in total. The molecule has 1 aliphatic carbocycles. The number of hydrogen-bond acceptors (Lipinski definition) is 8. The average Bonchev–Trinajstić information content (AvgIpc) is 3.43. The van der Waals surface area contributed by atoms with Crippen molar-refractivity contribution in [2.45, 2.75) is 55.9 Å². The summed E-state index contributed by atoms with van der Waals surface area (Å²) in [7, 11) is -3.03. The van der Waals surface area contributed by atoms with Crippen molar-refractivity contribution < 1.29 is 13.2 Å². The molecule has 28 heavy (non-hydrogen) atoms. The van der Waals surface area contributed by atoms with E-state index in [0.717, 1.165) is 30.6 Å². The van der Waals surface area contributed by atoms with E-state index in [1.54, 1.807) is 16.0 Å². The third-order valence-electron chi connectivity index (χ3n) is 5.32. The lowest BCUT2D eigenvalue weighted by Gasteiger charge is -2.34. The van der Waals surface area contributed by atoms with Crippen LogP contribution < -0.4 is 0 Å². The predicted molar refractivity (Wildman–Crippen MR) is 108 cm³/mol. The van der Waals surface area contributed by atoms with Crippen LogP contribution in [0.1, 0.15) is 37.0 Å². The van der Waals surface area contributed by atoms with Crippen molar-refractivity contribution >= 4 is 38.8 Å². The number of tetrazole rings is 1. The van der Waals surface area contributed by atoms with E-state index in [-0.39, 0.29) is 35.2 Å². The molecule has 1 unspecified atom stereocenters. The molecule has 3 heterocycles. The number of carbonyl (C=O) groups is 1. The maximum atomic E-state index is 13.1. The largest absolute Gasteiger partial charge is 0.335 e. The van der Waals surface area contributed by atoms with E-state index in [4.69, 9.17) is 0 Å². The molecular formula is C17H23N5O3S3. The summed E-state index contributed by atoms with van der Waals surface area (Å²) < 4.78 is 25.6. The third kappa shape index (κ3) is 4.57. The van der Waals surface area contributed by atoms with Crippen molar-refractivity contribution in [3.63, 3.8) is 0 Å². The third-order valence-corrected chi connectivity index (χ3v) is 8.87. The van der Waals surface area contributed by atoms with Crippen LogP contribution in [0.5, 0.6) is 0 Å². The van der Waals surface area contributed by atoms with Gasteiger partial charge in [0.25, 0.3) is 0 Å². The van der Waals surface area contributed by atoms with E-state index in [2.05, 4.69) is 15.5 Å². The van der Waals surface area contributed by atoms with Crippen LogP contribution in [0.25, 0.3) is 0 Å². The van der Waals surface area contributed by atoms with Gasteiger partial charge in [-0.2, -0.15) is 0 Å². The average molecular weight is 442 g/mol. The Morgan fingerprint density at radius 2 is 2.11 bits per heavy atom. The highest BCUT2D eigenvalue weighted by Gasteiger charge is 2.38. The summed E-state index contributed by atoms with van der Waals surface area (Å²) in [4.78, 5) is 16.1. The maximum Gasteiger partial charge on any atom is 0.233 e. The predicted octanol–water partition coefficient (Wildman–Crippen LogP) is 1.83. The van der Waals surface area contributed by atoms with Gasteiger partial charge in [0.2, 0.25) is 11.1 Å². The molecule has 0 aromatic carbocycles.